The minimum atomic E-state index is 0.504. The highest BCUT2D eigenvalue weighted by molar-refractivity contribution is 7.98. The van der Waals surface area contributed by atoms with E-state index in [9.17, 15) is 0 Å². The summed E-state index contributed by atoms with van der Waals surface area (Å²) in [6.07, 6.45) is 0. The number of hydrogen-bond donors (Lipinski definition) is 1. The lowest BCUT2D eigenvalue weighted by Crippen LogP contribution is -1.95. The third kappa shape index (κ3) is 2.72. The lowest BCUT2D eigenvalue weighted by atomic mass is 10.2. The van der Waals surface area contributed by atoms with Crippen LogP contribution in [0.5, 0.6) is 0 Å². The zero-order valence-electron chi connectivity index (χ0n) is 10.1. The number of thioether (sulfide) groups is 1. The zero-order valence-corrected chi connectivity index (χ0v) is 13.3. The van der Waals surface area contributed by atoms with E-state index in [1.165, 1.54) is 11.8 Å². The van der Waals surface area contributed by atoms with Crippen LogP contribution in [0.15, 0.2) is 34.8 Å². The summed E-state index contributed by atoms with van der Waals surface area (Å²) >= 11 is 15.3. The first-order chi connectivity index (χ1) is 9.65. The van der Waals surface area contributed by atoms with E-state index in [0.29, 0.717) is 26.8 Å². The molecule has 0 spiro atoms. The van der Waals surface area contributed by atoms with Crippen molar-refractivity contribution < 1.29 is 0 Å². The predicted octanol–water partition coefficient (Wildman–Crippen LogP) is 4.87. The molecule has 7 heteroatoms. The van der Waals surface area contributed by atoms with E-state index >= 15 is 0 Å². The number of fused-ring (bicyclic) bond motifs is 1. The summed E-state index contributed by atoms with van der Waals surface area (Å²) in [4.78, 5) is 9.67. The minimum absolute atomic E-state index is 0.504. The number of anilines is 1. The van der Waals surface area contributed by atoms with Crippen molar-refractivity contribution in [3.63, 3.8) is 0 Å². The summed E-state index contributed by atoms with van der Waals surface area (Å²) in [5.41, 5.74) is 6.80. The van der Waals surface area contributed by atoms with E-state index < -0.39 is 0 Å². The van der Waals surface area contributed by atoms with Crippen LogP contribution in [-0.4, -0.2) is 9.97 Å². The Morgan fingerprint density at radius 3 is 2.65 bits per heavy atom. The van der Waals surface area contributed by atoms with Gasteiger partial charge in [-0.3, -0.25) is 0 Å². The molecule has 0 fully saturated rings. The van der Waals surface area contributed by atoms with Gasteiger partial charge >= 0.3 is 0 Å². The minimum Gasteiger partial charge on any atom is -0.383 e. The lowest BCUT2D eigenvalue weighted by Gasteiger charge is -2.06. The molecule has 0 radical (unpaired) electrons. The number of thiophene rings is 1. The highest BCUT2D eigenvalue weighted by atomic mass is 35.5. The van der Waals surface area contributed by atoms with Crippen LogP contribution in [0.4, 0.5) is 5.82 Å². The fourth-order valence-electron chi connectivity index (χ4n) is 1.73. The SMILES string of the molecule is Nc1nc(SCc2c(Cl)cccc2Cl)nc2sccc12. The van der Waals surface area contributed by atoms with Crippen LogP contribution in [0, 0.1) is 0 Å². The van der Waals surface area contributed by atoms with Crippen molar-refractivity contribution in [2.24, 2.45) is 0 Å². The second kappa shape index (κ2) is 5.77. The number of benzene rings is 1. The van der Waals surface area contributed by atoms with Gasteiger partial charge in [-0.05, 0) is 29.1 Å². The molecule has 3 rings (SSSR count). The molecule has 2 N–H and O–H groups in total. The molecule has 0 aliphatic rings. The summed E-state index contributed by atoms with van der Waals surface area (Å²) in [6.45, 7) is 0. The van der Waals surface area contributed by atoms with Crippen molar-refractivity contribution in [2.45, 2.75) is 10.9 Å². The lowest BCUT2D eigenvalue weighted by molar-refractivity contribution is 1.02. The molecule has 0 aliphatic carbocycles. The maximum Gasteiger partial charge on any atom is 0.191 e. The number of nitrogens with zero attached hydrogens (tertiary/aromatic N) is 2. The monoisotopic (exact) mass is 341 g/mol. The Hall–Kier alpha value is -1.01. The zero-order chi connectivity index (χ0) is 14.1. The van der Waals surface area contributed by atoms with Crippen LogP contribution in [0.2, 0.25) is 10.0 Å². The van der Waals surface area contributed by atoms with Crippen LogP contribution in [0.1, 0.15) is 5.56 Å². The summed E-state index contributed by atoms with van der Waals surface area (Å²) in [7, 11) is 0. The molecule has 0 saturated heterocycles. The number of nitrogen functional groups attached to an aromatic ring is 1. The third-order valence-electron chi connectivity index (χ3n) is 2.74. The highest BCUT2D eigenvalue weighted by Crippen LogP contribution is 2.32. The van der Waals surface area contributed by atoms with E-state index in [0.717, 1.165) is 15.8 Å². The largest absolute Gasteiger partial charge is 0.383 e. The first-order valence-electron chi connectivity index (χ1n) is 5.71. The summed E-state index contributed by atoms with van der Waals surface area (Å²) in [6, 6.07) is 7.39. The first-order valence-corrected chi connectivity index (χ1v) is 8.33. The Morgan fingerprint density at radius 1 is 1.15 bits per heavy atom. The second-order valence-corrected chi connectivity index (χ2v) is 6.67. The summed E-state index contributed by atoms with van der Waals surface area (Å²) in [5, 5.41) is 4.78. The molecule has 3 aromatic rings. The smallest absolute Gasteiger partial charge is 0.191 e. The van der Waals surface area contributed by atoms with Gasteiger partial charge < -0.3 is 5.73 Å². The molecule has 0 amide bonds. The molecule has 0 aliphatic heterocycles. The molecular formula is C13H9Cl2N3S2. The molecule has 0 bridgehead atoms. The van der Waals surface area contributed by atoms with Gasteiger partial charge in [-0.2, -0.15) is 0 Å². The molecule has 0 saturated carbocycles. The van der Waals surface area contributed by atoms with Crippen molar-refractivity contribution in [2.75, 3.05) is 5.73 Å². The fourth-order valence-corrected chi connectivity index (χ4v) is 4.15. The van der Waals surface area contributed by atoms with E-state index in [2.05, 4.69) is 9.97 Å². The van der Waals surface area contributed by atoms with Gasteiger partial charge in [0.2, 0.25) is 0 Å². The normalized spacial score (nSPS) is 11.1. The van der Waals surface area contributed by atoms with E-state index in [4.69, 9.17) is 28.9 Å². The van der Waals surface area contributed by atoms with Gasteiger partial charge in [-0.15, -0.1) is 11.3 Å². The predicted molar refractivity (Wildman–Crippen MR) is 87.9 cm³/mol. The average molecular weight is 342 g/mol. The van der Waals surface area contributed by atoms with Gasteiger partial charge in [0.1, 0.15) is 10.6 Å². The highest BCUT2D eigenvalue weighted by Gasteiger charge is 2.10. The van der Waals surface area contributed by atoms with Crippen molar-refractivity contribution in [1.29, 1.82) is 0 Å². The van der Waals surface area contributed by atoms with E-state index in [-0.39, 0.29) is 0 Å². The van der Waals surface area contributed by atoms with Crippen LogP contribution >= 0.6 is 46.3 Å². The van der Waals surface area contributed by atoms with Crippen LogP contribution < -0.4 is 5.73 Å². The van der Waals surface area contributed by atoms with E-state index in [1.54, 1.807) is 11.3 Å². The maximum atomic E-state index is 6.14. The van der Waals surface area contributed by atoms with Crippen molar-refractivity contribution in [3.8, 4) is 0 Å². The Bertz CT molecular complexity index is 753. The summed E-state index contributed by atoms with van der Waals surface area (Å²) < 4.78 is 0. The van der Waals surface area contributed by atoms with Crippen LogP contribution in [0.25, 0.3) is 10.2 Å². The standard InChI is InChI=1S/C13H9Cl2N3S2/c14-9-2-1-3-10(15)8(9)6-20-13-17-11(16)7-4-5-19-12(7)18-13/h1-5H,6H2,(H2,16,17,18). The molecule has 102 valence electrons. The Morgan fingerprint density at radius 2 is 1.90 bits per heavy atom. The molecule has 2 heterocycles. The van der Waals surface area contributed by atoms with Gasteiger partial charge in [0.15, 0.2) is 5.16 Å². The molecule has 2 aromatic heterocycles. The van der Waals surface area contributed by atoms with E-state index in [1.807, 2.05) is 29.6 Å². The number of rotatable bonds is 3. The number of halogens is 2. The van der Waals surface area contributed by atoms with Gasteiger partial charge in [0.25, 0.3) is 0 Å². The van der Waals surface area contributed by atoms with Gasteiger partial charge in [-0.1, -0.05) is 41.0 Å². The number of aromatic nitrogens is 2. The van der Waals surface area contributed by atoms with Crippen molar-refractivity contribution in [1.82, 2.24) is 9.97 Å². The van der Waals surface area contributed by atoms with Crippen molar-refractivity contribution >= 4 is 62.3 Å². The van der Waals surface area contributed by atoms with Crippen molar-refractivity contribution in [3.05, 3.63) is 45.3 Å². The molecule has 0 atom stereocenters. The molecule has 20 heavy (non-hydrogen) atoms. The number of hydrogen-bond acceptors (Lipinski definition) is 5. The molecule has 3 nitrogen and oxygen atoms in total. The van der Waals surface area contributed by atoms with Crippen LogP contribution in [0.3, 0.4) is 0 Å². The second-order valence-electron chi connectivity index (χ2n) is 4.02. The van der Waals surface area contributed by atoms with Gasteiger partial charge in [0.05, 0.1) is 5.39 Å². The molecule has 1 aromatic carbocycles. The summed E-state index contributed by atoms with van der Waals surface area (Å²) in [5.74, 6) is 1.11. The van der Waals surface area contributed by atoms with Crippen LogP contribution in [-0.2, 0) is 5.75 Å². The molecule has 0 unspecified atom stereocenters. The van der Waals surface area contributed by atoms with Gasteiger partial charge in [0, 0.05) is 15.8 Å². The maximum absolute atomic E-state index is 6.14. The molecular weight excluding hydrogens is 333 g/mol. The Kier molecular flexibility index (Phi) is 4.03. The topological polar surface area (TPSA) is 51.8 Å². The van der Waals surface area contributed by atoms with Gasteiger partial charge in [-0.25, -0.2) is 9.97 Å². The fraction of sp³-hybridized carbons (Fsp3) is 0.0769. The average Bonchev–Trinajstić information content (AvgIpc) is 2.87. The third-order valence-corrected chi connectivity index (χ3v) is 5.13. The quantitative estimate of drug-likeness (QED) is 0.545. The Labute approximate surface area is 134 Å². The first kappa shape index (κ1) is 13.9. The number of nitrogens with two attached hydrogens (primary N) is 1. The Balaban J connectivity index is 1.87.